The van der Waals surface area contributed by atoms with E-state index in [1.54, 1.807) is 11.9 Å². The summed E-state index contributed by atoms with van der Waals surface area (Å²) in [6, 6.07) is 19.4. The van der Waals surface area contributed by atoms with Crippen molar-refractivity contribution in [2.75, 3.05) is 19.0 Å². The van der Waals surface area contributed by atoms with Gasteiger partial charge in [-0.3, -0.25) is 4.79 Å². The summed E-state index contributed by atoms with van der Waals surface area (Å²) in [5, 5.41) is 3.96. The van der Waals surface area contributed by atoms with Crippen LogP contribution in [0.5, 0.6) is 0 Å². The van der Waals surface area contributed by atoms with Gasteiger partial charge in [0.05, 0.1) is 17.8 Å². The third-order valence-corrected chi connectivity index (χ3v) is 4.06. The van der Waals surface area contributed by atoms with Crippen molar-refractivity contribution in [3.8, 4) is 0 Å². The highest BCUT2D eigenvalue weighted by Gasteiger charge is 2.19. The van der Waals surface area contributed by atoms with Gasteiger partial charge in [0.2, 0.25) is 0 Å². The van der Waals surface area contributed by atoms with Crippen LogP contribution in [0, 0.1) is 6.92 Å². The van der Waals surface area contributed by atoms with E-state index in [0.717, 1.165) is 22.8 Å². The monoisotopic (exact) mass is 335 g/mol. The zero-order chi connectivity index (χ0) is 17.8. The van der Waals surface area contributed by atoms with Crippen LogP contribution in [0.15, 0.2) is 65.2 Å². The molecule has 5 heteroatoms. The van der Waals surface area contributed by atoms with E-state index in [1.165, 1.54) is 0 Å². The molecule has 1 heterocycles. The summed E-state index contributed by atoms with van der Waals surface area (Å²) in [5.74, 6) is 0.680. The van der Waals surface area contributed by atoms with Crippen LogP contribution in [-0.4, -0.2) is 30.1 Å². The van der Waals surface area contributed by atoms with Crippen molar-refractivity contribution in [2.45, 2.75) is 13.5 Å². The standard InChI is InChI=1S/C20H21N3O2/c1-15-13-16(21-25-15)14-22(2)20(24)18-11-7-8-12-19(18)23(3)17-9-5-4-6-10-17/h4-13H,14H2,1-3H3. The summed E-state index contributed by atoms with van der Waals surface area (Å²) in [4.78, 5) is 16.6. The van der Waals surface area contributed by atoms with Crippen molar-refractivity contribution in [3.63, 3.8) is 0 Å². The average Bonchev–Trinajstić information content (AvgIpc) is 3.06. The molecular weight excluding hydrogens is 314 g/mol. The molecule has 2 aromatic carbocycles. The van der Waals surface area contributed by atoms with Crippen molar-refractivity contribution in [1.29, 1.82) is 0 Å². The summed E-state index contributed by atoms with van der Waals surface area (Å²) in [6.07, 6.45) is 0. The highest BCUT2D eigenvalue weighted by molar-refractivity contribution is 6.00. The minimum atomic E-state index is -0.0564. The molecule has 3 aromatic rings. The molecule has 3 rings (SSSR count). The van der Waals surface area contributed by atoms with E-state index in [1.807, 2.05) is 79.5 Å². The first-order chi connectivity index (χ1) is 12.1. The van der Waals surface area contributed by atoms with Gasteiger partial charge in [-0.15, -0.1) is 0 Å². The van der Waals surface area contributed by atoms with Gasteiger partial charge in [-0.25, -0.2) is 0 Å². The smallest absolute Gasteiger partial charge is 0.256 e. The Balaban J connectivity index is 1.85. The van der Waals surface area contributed by atoms with E-state index in [9.17, 15) is 4.79 Å². The molecule has 0 radical (unpaired) electrons. The minimum Gasteiger partial charge on any atom is -0.361 e. The number of aryl methyl sites for hydroxylation is 1. The van der Waals surface area contributed by atoms with Crippen LogP contribution < -0.4 is 4.90 Å². The lowest BCUT2D eigenvalue weighted by Crippen LogP contribution is -2.28. The van der Waals surface area contributed by atoms with Gasteiger partial charge < -0.3 is 14.3 Å². The number of carbonyl (C=O) groups excluding carboxylic acids is 1. The van der Waals surface area contributed by atoms with E-state index in [4.69, 9.17) is 4.52 Å². The van der Waals surface area contributed by atoms with Gasteiger partial charge in [-0.05, 0) is 31.2 Å². The van der Waals surface area contributed by atoms with Gasteiger partial charge in [-0.2, -0.15) is 0 Å². The predicted molar refractivity (Wildman–Crippen MR) is 98.0 cm³/mol. The first-order valence-corrected chi connectivity index (χ1v) is 8.11. The second-order valence-electron chi connectivity index (χ2n) is 6.00. The fourth-order valence-electron chi connectivity index (χ4n) is 2.75. The third kappa shape index (κ3) is 3.71. The summed E-state index contributed by atoms with van der Waals surface area (Å²) in [7, 11) is 3.73. The predicted octanol–water partition coefficient (Wildman–Crippen LogP) is 4.02. The van der Waals surface area contributed by atoms with Crippen molar-refractivity contribution in [2.24, 2.45) is 0 Å². The maximum Gasteiger partial charge on any atom is 0.256 e. The molecular formula is C20H21N3O2. The normalized spacial score (nSPS) is 10.5. The summed E-state index contributed by atoms with van der Waals surface area (Å²) >= 11 is 0. The number of anilines is 2. The molecule has 0 saturated heterocycles. The summed E-state index contributed by atoms with van der Waals surface area (Å²) < 4.78 is 5.07. The zero-order valence-electron chi connectivity index (χ0n) is 14.6. The van der Waals surface area contributed by atoms with E-state index in [0.29, 0.717) is 12.1 Å². The third-order valence-electron chi connectivity index (χ3n) is 4.06. The molecule has 0 spiro atoms. The van der Waals surface area contributed by atoms with Crippen LogP contribution >= 0.6 is 0 Å². The molecule has 0 aliphatic carbocycles. The molecule has 25 heavy (non-hydrogen) atoms. The summed E-state index contributed by atoms with van der Waals surface area (Å²) in [6.45, 7) is 2.24. The lowest BCUT2D eigenvalue weighted by Gasteiger charge is -2.24. The van der Waals surface area contributed by atoms with Gasteiger partial charge >= 0.3 is 0 Å². The first-order valence-electron chi connectivity index (χ1n) is 8.11. The molecule has 128 valence electrons. The molecule has 0 aliphatic heterocycles. The Labute approximate surface area is 147 Å². The second kappa shape index (κ2) is 7.21. The van der Waals surface area contributed by atoms with Gasteiger partial charge in [0.25, 0.3) is 5.91 Å². The molecule has 5 nitrogen and oxygen atoms in total. The average molecular weight is 335 g/mol. The first kappa shape index (κ1) is 16.8. The highest BCUT2D eigenvalue weighted by atomic mass is 16.5. The van der Waals surface area contributed by atoms with Gasteiger partial charge in [0.15, 0.2) is 0 Å². The molecule has 0 N–H and O–H groups in total. The van der Waals surface area contributed by atoms with Crippen LogP contribution in [-0.2, 0) is 6.54 Å². The van der Waals surface area contributed by atoms with E-state index < -0.39 is 0 Å². The summed E-state index contributed by atoms with van der Waals surface area (Å²) in [5.41, 5.74) is 3.28. The minimum absolute atomic E-state index is 0.0564. The molecule has 0 fully saturated rings. The number of rotatable bonds is 5. The molecule has 0 bridgehead atoms. The lowest BCUT2D eigenvalue weighted by molar-refractivity contribution is 0.0783. The van der Waals surface area contributed by atoms with Crippen molar-refractivity contribution in [1.82, 2.24) is 10.1 Å². The van der Waals surface area contributed by atoms with Crippen LogP contribution in [0.25, 0.3) is 0 Å². The van der Waals surface area contributed by atoms with Crippen LogP contribution in [0.4, 0.5) is 11.4 Å². The Bertz CT molecular complexity index is 858. The van der Waals surface area contributed by atoms with E-state index in [2.05, 4.69) is 5.16 Å². The van der Waals surface area contributed by atoms with Crippen LogP contribution in [0.3, 0.4) is 0 Å². The Morgan fingerprint density at radius 3 is 2.40 bits per heavy atom. The number of carbonyl (C=O) groups is 1. The second-order valence-corrected chi connectivity index (χ2v) is 6.00. The van der Waals surface area contributed by atoms with Gasteiger partial charge in [0.1, 0.15) is 11.5 Å². The maximum atomic E-state index is 13.0. The van der Waals surface area contributed by atoms with Crippen molar-refractivity contribution in [3.05, 3.63) is 77.7 Å². The van der Waals surface area contributed by atoms with Crippen molar-refractivity contribution >= 4 is 17.3 Å². The lowest BCUT2D eigenvalue weighted by atomic mass is 10.1. The topological polar surface area (TPSA) is 49.6 Å². The SMILES string of the molecule is Cc1cc(CN(C)C(=O)c2ccccc2N(C)c2ccccc2)no1. The zero-order valence-corrected chi connectivity index (χ0v) is 14.6. The van der Waals surface area contributed by atoms with Gasteiger partial charge in [-0.1, -0.05) is 35.5 Å². The molecule has 0 aliphatic rings. The largest absolute Gasteiger partial charge is 0.361 e. The molecule has 0 saturated carbocycles. The molecule has 0 atom stereocenters. The Kier molecular flexibility index (Phi) is 4.84. The fourth-order valence-corrected chi connectivity index (χ4v) is 2.75. The molecule has 1 amide bonds. The number of nitrogens with zero attached hydrogens (tertiary/aromatic N) is 3. The fraction of sp³-hybridized carbons (Fsp3) is 0.200. The number of aromatic nitrogens is 1. The number of hydrogen-bond donors (Lipinski definition) is 0. The van der Waals surface area contributed by atoms with Gasteiger partial charge in [0, 0.05) is 25.8 Å². The Hall–Kier alpha value is -3.08. The van der Waals surface area contributed by atoms with Crippen LogP contribution in [0.1, 0.15) is 21.8 Å². The van der Waals surface area contributed by atoms with E-state index in [-0.39, 0.29) is 5.91 Å². The van der Waals surface area contributed by atoms with E-state index >= 15 is 0 Å². The quantitative estimate of drug-likeness (QED) is 0.706. The number of amides is 1. The Morgan fingerprint density at radius 1 is 1.04 bits per heavy atom. The number of hydrogen-bond acceptors (Lipinski definition) is 4. The molecule has 1 aromatic heterocycles. The van der Waals surface area contributed by atoms with Crippen LogP contribution in [0.2, 0.25) is 0 Å². The highest BCUT2D eigenvalue weighted by Crippen LogP contribution is 2.27. The number of para-hydroxylation sites is 2. The molecule has 0 unspecified atom stereocenters. The van der Waals surface area contributed by atoms with Crippen molar-refractivity contribution < 1.29 is 9.32 Å². The Morgan fingerprint density at radius 2 is 1.72 bits per heavy atom. The maximum absolute atomic E-state index is 13.0. The number of benzene rings is 2.